The maximum atomic E-state index is 17.1. The quantitative estimate of drug-likeness (QED) is 0.235. The lowest BCUT2D eigenvalue weighted by Gasteiger charge is -2.53. The molecule has 2 aliphatic heterocycles. The second kappa shape index (κ2) is 12.9. The van der Waals surface area contributed by atoms with Crippen molar-refractivity contribution in [2.24, 2.45) is 5.41 Å². The second-order valence-corrected chi connectivity index (χ2v) is 14.3. The normalized spacial score (nSPS) is 26.4. The molecule has 8 rings (SSSR count). The molecule has 4 aromatic rings. The standard InChI is InChI=1S/C35H43ClFN7O4/c1-20-24(36)17-25-23(18-38-42-25)27(20)30-29(37)31-28(33(39-30)46-3)32(43-10-6-13-47-14-12-43)41-34(40-31)48-19-35-8-4-7-26(35)44(11-5-9-35)21-15-22(16-21)45-2/h17-18,21-22,26H,4-16,19H2,1-3H3,(H,38,42). The highest BCUT2D eigenvalue weighted by Crippen LogP contribution is 2.50. The number of hydrogen-bond donors (Lipinski definition) is 1. The number of aromatic amines is 1. The van der Waals surface area contributed by atoms with Gasteiger partial charge in [0.05, 0.1) is 38.1 Å². The van der Waals surface area contributed by atoms with Crippen LogP contribution < -0.4 is 14.4 Å². The number of piperidine rings is 1. The number of H-pyrrole nitrogens is 1. The summed E-state index contributed by atoms with van der Waals surface area (Å²) >= 11 is 6.62. The van der Waals surface area contributed by atoms with Gasteiger partial charge < -0.3 is 23.8 Å². The smallest absolute Gasteiger partial charge is 0.319 e. The summed E-state index contributed by atoms with van der Waals surface area (Å²) in [7, 11) is 3.35. The number of methoxy groups -OCH3 is 2. The second-order valence-electron chi connectivity index (χ2n) is 13.9. The van der Waals surface area contributed by atoms with Crippen molar-refractivity contribution in [3.8, 4) is 23.1 Å². The summed E-state index contributed by atoms with van der Waals surface area (Å²) in [4.78, 5) is 19.4. The average molecular weight is 680 g/mol. The van der Waals surface area contributed by atoms with Crippen molar-refractivity contribution in [1.82, 2.24) is 30.0 Å². The van der Waals surface area contributed by atoms with Crippen molar-refractivity contribution in [1.29, 1.82) is 0 Å². The number of ether oxygens (including phenoxy) is 4. The van der Waals surface area contributed by atoms with Crippen LogP contribution in [0.2, 0.25) is 5.02 Å². The first-order valence-electron chi connectivity index (χ1n) is 17.2. The molecular formula is C35H43ClFN7O4. The van der Waals surface area contributed by atoms with E-state index in [1.54, 1.807) is 12.3 Å². The maximum Gasteiger partial charge on any atom is 0.319 e. The fraction of sp³-hybridized carbons (Fsp3) is 0.600. The van der Waals surface area contributed by atoms with E-state index in [1.165, 1.54) is 13.5 Å². The molecule has 2 atom stereocenters. The summed E-state index contributed by atoms with van der Waals surface area (Å²) in [5, 5.41) is 8.73. The highest BCUT2D eigenvalue weighted by Gasteiger charge is 2.51. The summed E-state index contributed by atoms with van der Waals surface area (Å²) in [6, 6.07) is 2.97. The minimum Gasteiger partial charge on any atom is -0.480 e. The molecule has 3 aromatic heterocycles. The Morgan fingerprint density at radius 2 is 1.94 bits per heavy atom. The minimum absolute atomic E-state index is 0.00968. The van der Waals surface area contributed by atoms with Gasteiger partial charge in [0.1, 0.15) is 22.4 Å². The van der Waals surface area contributed by atoms with Crippen LogP contribution in [0.1, 0.15) is 56.9 Å². The highest BCUT2D eigenvalue weighted by atomic mass is 35.5. The number of nitrogens with zero attached hydrogens (tertiary/aromatic N) is 6. The lowest BCUT2D eigenvalue weighted by Crippen LogP contribution is -2.59. The Hall–Kier alpha value is -3.32. The van der Waals surface area contributed by atoms with E-state index in [0.717, 1.165) is 51.5 Å². The molecule has 48 heavy (non-hydrogen) atoms. The molecule has 2 aliphatic carbocycles. The van der Waals surface area contributed by atoms with E-state index in [4.69, 9.17) is 45.5 Å². The van der Waals surface area contributed by atoms with Crippen LogP contribution in [0.5, 0.6) is 11.9 Å². The Labute approximate surface area is 284 Å². The molecule has 2 unspecified atom stereocenters. The van der Waals surface area contributed by atoms with E-state index in [-0.39, 0.29) is 28.5 Å². The number of fused-ring (bicyclic) bond motifs is 3. The number of benzene rings is 1. The first-order valence-corrected chi connectivity index (χ1v) is 17.6. The Morgan fingerprint density at radius 3 is 2.77 bits per heavy atom. The molecule has 256 valence electrons. The van der Waals surface area contributed by atoms with Crippen LogP contribution in [0.3, 0.4) is 0 Å². The van der Waals surface area contributed by atoms with E-state index in [2.05, 4.69) is 20.0 Å². The number of rotatable bonds is 8. The SMILES string of the molecule is COc1nc(-c2c(C)c(Cl)cc3[nH]ncc23)c(F)c2nc(OCC34CCCC3N(C3CC(OC)C3)CCC4)nc(N3CCCOCC3)c12. The third-order valence-electron chi connectivity index (χ3n) is 11.3. The average Bonchev–Trinajstić information content (AvgIpc) is 3.63. The van der Waals surface area contributed by atoms with Gasteiger partial charge in [0.25, 0.3) is 0 Å². The first-order chi connectivity index (χ1) is 23.4. The zero-order valence-electron chi connectivity index (χ0n) is 27.9. The number of nitrogens with one attached hydrogen (secondary N) is 1. The Bertz CT molecular complexity index is 1830. The van der Waals surface area contributed by atoms with Crippen molar-refractivity contribution >= 4 is 39.2 Å². The van der Waals surface area contributed by atoms with Gasteiger partial charge in [-0.3, -0.25) is 10.00 Å². The molecule has 4 fully saturated rings. The molecule has 4 aliphatic rings. The minimum atomic E-state index is -0.586. The number of anilines is 1. The van der Waals surface area contributed by atoms with Gasteiger partial charge in [0.15, 0.2) is 5.82 Å². The fourth-order valence-electron chi connectivity index (χ4n) is 8.72. The van der Waals surface area contributed by atoms with Crippen LogP contribution >= 0.6 is 11.6 Å². The molecule has 2 saturated carbocycles. The van der Waals surface area contributed by atoms with Gasteiger partial charge in [-0.1, -0.05) is 18.0 Å². The van der Waals surface area contributed by atoms with Gasteiger partial charge >= 0.3 is 6.01 Å². The molecule has 11 nitrogen and oxygen atoms in total. The van der Waals surface area contributed by atoms with Crippen molar-refractivity contribution in [3.63, 3.8) is 0 Å². The number of hydrogen-bond acceptors (Lipinski definition) is 10. The zero-order valence-corrected chi connectivity index (χ0v) is 28.6. The monoisotopic (exact) mass is 679 g/mol. The van der Waals surface area contributed by atoms with Gasteiger partial charge in [0.2, 0.25) is 5.88 Å². The molecule has 0 radical (unpaired) electrons. The van der Waals surface area contributed by atoms with Crippen LogP contribution in [0, 0.1) is 18.2 Å². The summed E-state index contributed by atoms with van der Waals surface area (Å²) in [6.45, 7) is 5.92. The number of halogens is 2. The predicted octanol–water partition coefficient (Wildman–Crippen LogP) is 6.10. The van der Waals surface area contributed by atoms with Crippen molar-refractivity contribution in [2.75, 3.05) is 58.6 Å². The third-order valence-corrected chi connectivity index (χ3v) is 11.7. The number of pyridine rings is 1. The topological polar surface area (TPSA) is 111 Å². The van der Waals surface area contributed by atoms with Crippen LogP contribution in [0.4, 0.5) is 10.2 Å². The molecular weight excluding hydrogens is 637 g/mol. The van der Waals surface area contributed by atoms with Crippen LogP contribution in [0.25, 0.3) is 33.1 Å². The number of aromatic nitrogens is 5. The van der Waals surface area contributed by atoms with E-state index in [0.29, 0.717) is 89.4 Å². The fourth-order valence-corrected chi connectivity index (χ4v) is 8.92. The predicted molar refractivity (Wildman–Crippen MR) is 182 cm³/mol. The summed E-state index contributed by atoms with van der Waals surface area (Å²) in [6.07, 6.45) is 10.7. The van der Waals surface area contributed by atoms with E-state index < -0.39 is 5.82 Å². The number of likely N-dealkylation sites (tertiary alicyclic amines) is 1. The van der Waals surface area contributed by atoms with Crippen molar-refractivity contribution in [3.05, 3.63) is 28.7 Å². The van der Waals surface area contributed by atoms with Crippen LogP contribution in [-0.4, -0.2) is 102 Å². The summed E-state index contributed by atoms with van der Waals surface area (Å²) in [5.41, 5.74) is 2.11. The van der Waals surface area contributed by atoms with E-state index in [1.807, 2.05) is 14.0 Å². The molecule has 1 N–H and O–H groups in total. The zero-order chi connectivity index (χ0) is 33.0. The first kappa shape index (κ1) is 31.9. The van der Waals surface area contributed by atoms with Gasteiger partial charge in [-0.15, -0.1) is 0 Å². The Kier molecular flexibility index (Phi) is 8.55. The largest absolute Gasteiger partial charge is 0.480 e. The molecule has 2 saturated heterocycles. The molecule has 0 bridgehead atoms. The summed E-state index contributed by atoms with van der Waals surface area (Å²) in [5.74, 6) is 0.186. The molecule has 5 heterocycles. The van der Waals surface area contributed by atoms with Gasteiger partial charge in [-0.2, -0.15) is 15.1 Å². The maximum absolute atomic E-state index is 17.1. The van der Waals surface area contributed by atoms with Gasteiger partial charge in [0, 0.05) is 60.3 Å². The van der Waals surface area contributed by atoms with Gasteiger partial charge in [-0.25, -0.2) is 9.37 Å². The van der Waals surface area contributed by atoms with Crippen LogP contribution in [0.15, 0.2) is 12.3 Å². The third kappa shape index (κ3) is 5.35. The Morgan fingerprint density at radius 1 is 1.08 bits per heavy atom. The Balaban J connectivity index is 1.22. The highest BCUT2D eigenvalue weighted by molar-refractivity contribution is 6.33. The molecule has 1 aromatic carbocycles. The van der Waals surface area contributed by atoms with E-state index >= 15 is 4.39 Å². The van der Waals surface area contributed by atoms with E-state index in [9.17, 15) is 0 Å². The molecule has 13 heteroatoms. The van der Waals surface area contributed by atoms with Crippen LogP contribution in [-0.2, 0) is 9.47 Å². The molecule has 0 spiro atoms. The lowest BCUT2D eigenvalue weighted by molar-refractivity contribution is -0.0845. The summed E-state index contributed by atoms with van der Waals surface area (Å²) < 4.78 is 40.9. The van der Waals surface area contributed by atoms with Gasteiger partial charge in [-0.05, 0) is 70.0 Å². The van der Waals surface area contributed by atoms with Crippen molar-refractivity contribution in [2.45, 2.75) is 76.5 Å². The van der Waals surface area contributed by atoms with Crippen molar-refractivity contribution < 1.29 is 23.3 Å². The molecule has 0 amide bonds. The lowest BCUT2D eigenvalue weighted by atomic mass is 9.73.